The van der Waals surface area contributed by atoms with Crippen LogP contribution < -0.4 is 14.4 Å². The van der Waals surface area contributed by atoms with E-state index in [9.17, 15) is 13.2 Å². The van der Waals surface area contributed by atoms with Gasteiger partial charge in [-0.2, -0.15) is 12.7 Å². The van der Waals surface area contributed by atoms with Crippen LogP contribution in [0.4, 0.5) is 5.69 Å². The molecule has 0 aromatic heterocycles. The van der Waals surface area contributed by atoms with Gasteiger partial charge in [-0.15, -0.1) is 0 Å². The number of carbonyl (C=O) groups is 1. The molecule has 9 nitrogen and oxygen atoms in total. The summed E-state index contributed by atoms with van der Waals surface area (Å²) in [4.78, 5) is 21.5. The third-order valence-corrected chi connectivity index (χ3v) is 15.1. The number of carbonyl (C=O) groups excluding carboxylic acids is 1. The first-order valence-electron chi connectivity index (χ1n) is 17.8. The lowest BCUT2D eigenvalue weighted by atomic mass is 9.53. The lowest BCUT2D eigenvalue weighted by Crippen LogP contribution is -2.77. The summed E-state index contributed by atoms with van der Waals surface area (Å²) >= 11 is 0. The van der Waals surface area contributed by atoms with Crippen LogP contribution in [0.5, 0.6) is 5.75 Å². The van der Waals surface area contributed by atoms with Crippen molar-refractivity contribution < 1.29 is 17.9 Å². The van der Waals surface area contributed by atoms with Crippen molar-refractivity contribution in [2.75, 3.05) is 59.3 Å². The number of anilines is 1. The fourth-order valence-corrected chi connectivity index (χ4v) is 11.9. The molecular weight excluding hydrogens is 611 g/mol. The monoisotopic (exact) mass is 659 g/mol. The van der Waals surface area contributed by atoms with Gasteiger partial charge in [0, 0.05) is 80.4 Å². The second kappa shape index (κ2) is 10.4. The molecule has 7 atom stereocenters. The van der Waals surface area contributed by atoms with Crippen LogP contribution in [-0.4, -0.2) is 94.9 Å². The van der Waals surface area contributed by atoms with Crippen molar-refractivity contribution in [1.82, 2.24) is 18.8 Å². The summed E-state index contributed by atoms with van der Waals surface area (Å²) in [5.74, 6) is 1.75. The zero-order valence-electron chi connectivity index (χ0n) is 28.2. The van der Waals surface area contributed by atoms with Crippen molar-refractivity contribution in [2.24, 2.45) is 16.7 Å². The van der Waals surface area contributed by atoms with E-state index in [2.05, 4.69) is 50.7 Å². The Hall–Kier alpha value is -2.66. The van der Waals surface area contributed by atoms with Gasteiger partial charge in [0.15, 0.2) is 0 Å². The predicted molar refractivity (Wildman–Crippen MR) is 182 cm³/mol. The van der Waals surface area contributed by atoms with Gasteiger partial charge >= 0.3 is 10.2 Å². The van der Waals surface area contributed by atoms with Crippen molar-refractivity contribution in [3.63, 3.8) is 0 Å². The maximum Gasteiger partial charge on any atom is 0.303 e. The van der Waals surface area contributed by atoms with Crippen LogP contribution >= 0.6 is 0 Å². The maximum atomic E-state index is 13.4. The van der Waals surface area contributed by atoms with Crippen LogP contribution in [-0.2, 0) is 10.2 Å². The molecule has 7 unspecified atom stereocenters. The molecule has 252 valence electrons. The van der Waals surface area contributed by atoms with E-state index in [1.807, 2.05) is 12.1 Å². The summed E-state index contributed by atoms with van der Waals surface area (Å²) < 4.78 is 34.4. The molecule has 9 rings (SSSR count). The van der Waals surface area contributed by atoms with Gasteiger partial charge in [-0.05, 0) is 91.9 Å². The molecule has 4 heterocycles. The lowest BCUT2D eigenvalue weighted by molar-refractivity contribution is -0.183. The smallest absolute Gasteiger partial charge is 0.303 e. The second-order valence-electron chi connectivity index (χ2n) is 16.3. The molecule has 47 heavy (non-hydrogen) atoms. The van der Waals surface area contributed by atoms with E-state index in [-0.39, 0.29) is 11.5 Å². The summed E-state index contributed by atoms with van der Waals surface area (Å²) in [6.45, 7) is 4.49. The van der Waals surface area contributed by atoms with E-state index in [0.29, 0.717) is 40.8 Å². The van der Waals surface area contributed by atoms with Gasteiger partial charge in [0.1, 0.15) is 5.75 Å². The molecule has 4 aliphatic heterocycles. The van der Waals surface area contributed by atoms with E-state index in [0.717, 1.165) is 28.8 Å². The van der Waals surface area contributed by atoms with Crippen molar-refractivity contribution >= 4 is 21.8 Å². The Kier molecular flexibility index (Phi) is 6.74. The molecule has 7 aliphatic rings. The first-order chi connectivity index (χ1) is 22.5. The van der Waals surface area contributed by atoms with Gasteiger partial charge in [-0.1, -0.05) is 31.4 Å². The molecule has 0 bridgehead atoms. The van der Waals surface area contributed by atoms with Crippen LogP contribution in [0.15, 0.2) is 36.4 Å². The number of methoxy groups -OCH3 is 1. The van der Waals surface area contributed by atoms with Crippen molar-refractivity contribution in [1.29, 1.82) is 0 Å². The van der Waals surface area contributed by atoms with Crippen LogP contribution in [0.1, 0.15) is 96.3 Å². The summed E-state index contributed by atoms with van der Waals surface area (Å²) in [6.07, 6.45) is 10.2. The summed E-state index contributed by atoms with van der Waals surface area (Å²) in [5, 5.41) is 0. The normalized spacial score (nSPS) is 35.8. The summed E-state index contributed by atoms with van der Waals surface area (Å²) in [5.41, 5.74) is 6.37. The molecule has 0 radical (unpaired) electrons. The molecule has 2 saturated heterocycles. The summed E-state index contributed by atoms with van der Waals surface area (Å²) in [7, 11) is 3.03. The minimum absolute atomic E-state index is 0.129. The Labute approximate surface area is 279 Å². The maximum absolute atomic E-state index is 13.4. The highest BCUT2D eigenvalue weighted by Gasteiger charge is 2.71. The van der Waals surface area contributed by atoms with Crippen molar-refractivity contribution in [2.45, 2.75) is 81.3 Å². The first-order valence-corrected chi connectivity index (χ1v) is 19.3. The zero-order chi connectivity index (χ0) is 32.5. The lowest BCUT2D eigenvalue weighted by Gasteiger charge is -2.68. The van der Waals surface area contributed by atoms with E-state index in [1.165, 1.54) is 95.2 Å². The van der Waals surface area contributed by atoms with Gasteiger partial charge in [-0.25, -0.2) is 4.72 Å². The van der Waals surface area contributed by atoms with E-state index >= 15 is 0 Å². The number of rotatable bonds is 7. The average Bonchev–Trinajstić information content (AvgIpc) is 3.54. The number of nitrogens with one attached hydrogen (secondary N) is 1. The largest absolute Gasteiger partial charge is 0.497 e. The Balaban J connectivity index is 1.14. The van der Waals surface area contributed by atoms with Gasteiger partial charge in [0.25, 0.3) is 5.91 Å². The number of piperidine rings is 1. The highest BCUT2D eigenvalue weighted by atomic mass is 32.2. The van der Waals surface area contributed by atoms with E-state index in [4.69, 9.17) is 4.74 Å². The van der Waals surface area contributed by atoms with Crippen LogP contribution in [0.3, 0.4) is 0 Å². The van der Waals surface area contributed by atoms with Gasteiger partial charge in [0.05, 0.1) is 13.2 Å². The van der Waals surface area contributed by atoms with Gasteiger partial charge in [0.2, 0.25) is 0 Å². The Morgan fingerprint density at radius 3 is 2.51 bits per heavy atom. The molecule has 10 heteroatoms. The molecule has 3 saturated carbocycles. The number of hydrogen-bond acceptors (Lipinski definition) is 7. The molecule has 3 aliphatic carbocycles. The number of ether oxygens (including phenoxy) is 1. The molecule has 5 fully saturated rings. The number of fused-ring (bicyclic) bond motifs is 7. The quantitative estimate of drug-likeness (QED) is 0.461. The highest BCUT2D eigenvalue weighted by molar-refractivity contribution is 7.87. The fourth-order valence-electron chi connectivity index (χ4n) is 11.3. The molecule has 1 spiro atoms. The topological polar surface area (TPSA) is 85.4 Å². The fraction of sp³-hybridized carbons (Fsp3) is 0.649. The molecule has 2 aromatic carbocycles. The minimum Gasteiger partial charge on any atom is -0.497 e. The number of benzene rings is 2. The van der Waals surface area contributed by atoms with Crippen LogP contribution in [0.25, 0.3) is 0 Å². The first kappa shape index (κ1) is 30.4. The summed E-state index contributed by atoms with van der Waals surface area (Å²) in [6, 6.07) is 14.4. The minimum atomic E-state index is -3.90. The van der Waals surface area contributed by atoms with Gasteiger partial charge in [-0.3, -0.25) is 9.69 Å². The Morgan fingerprint density at radius 2 is 1.79 bits per heavy atom. The number of likely N-dealkylation sites (N-methyl/N-ethyl adjacent to an activating group) is 1. The number of nitrogens with zero attached hydrogens (tertiary/aromatic N) is 4. The van der Waals surface area contributed by atoms with Crippen molar-refractivity contribution in [3.05, 3.63) is 58.7 Å². The molecule has 1 amide bonds. The standard InChI is InChI=1S/C37H49N5O4S/c1-39(2)47(44,45)38-35(43)24-10-12-27-30(16-24)41-20-36(21-42-31-14-15-37(31)22-40(3)19-32(37)42)18-29(36)28-17-25(46-4)11-13-26(28)34(41)33(27)23-8-6-5-7-9-23/h10-13,16-17,23,29,31-34H,5-9,14-15,18-22H2,1-4H3,(H,38,43). The van der Waals surface area contributed by atoms with Crippen LogP contribution in [0.2, 0.25) is 0 Å². The average molecular weight is 660 g/mol. The molecule has 1 N–H and O–H groups in total. The Bertz CT molecular complexity index is 1740. The van der Waals surface area contributed by atoms with Gasteiger partial charge < -0.3 is 14.5 Å². The van der Waals surface area contributed by atoms with E-state index < -0.39 is 16.1 Å². The number of hydrogen-bond donors (Lipinski definition) is 1. The number of amides is 1. The number of likely N-dealkylation sites (tertiary alicyclic amines) is 2. The SMILES string of the molecule is COc1ccc2c(c1)C1CC1(CN1C3CCC34CN(C)CC14)CN1c3cc(C(=O)NS(=O)(=O)N(C)C)ccc3C(C3CCCCC3)C21. The Morgan fingerprint density at radius 1 is 1.00 bits per heavy atom. The third-order valence-electron chi connectivity index (χ3n) is 13.7. The van der Waals surface area contributed by atoms with Crippen LogP contribution in [0, 0.1) is 16.7 Å². The van der Waals surface area contributed by atoms with E-state index in [1.54, 1.807) is 7.11 Å². The second-order valence-corrected chi connectivity index (χ2v) is 18.2. The zero-order valence-corrected chi connectivity index (χ0v) is 29.1. The molecular formula is C37H49N5O4S. The molecule has 2 aromatic rings. The predicted octanol–water partition coefficient (Wildman–Crippen LogP) is 4.72. The third kappa shape index (κ3) is 4.36. The highest BCUT2D eigenvalue weighted by Crippen LogP contribution is 2.70. The van der Waals surface area contributed by atoms with Crippen molar-refractivity contribution in [3.8, 4) is 5.75 Å².